The molecule has 1 heterocycles. The topological polar surface area (TPSA) is 55.2 Å². The van der Waals surface area contributed by atoms with Crippen molar-refractivity contribution in [3.8, 4) is 5.88 Å². The lowest BCUT2D eigenvalue weighted by molar-refractivity contribution is 0.177. The summed E-state index contributed by atoms with van der Waals surface area (Å²) in [5, 5.41) is 10.1. The van der Waals surface area contributed by atoms with Gasteiger partial charge in [-0.1, -0.05) is 17.7 Å². The SMILES string of the molecule is COc1cc(CC(O)c2ccc(F)c(Cl)c2)ncn1. The highest BCUT2D eigenvalue weighted by Crippen LogP contribution is 2.23. The molecule has 6 heteroatoms. The molecule has 0 spiro atoms. The molecule has 0 aliphatic heterocycles. The molecule has 2 aromatic rings. The van der Waals surface area contributed by atoms with Gasteiger partial charge >= 0.3 is 0 Å². The van der Waals surface area contributed by atoms with Gasteiger partial charge in [0.1, 0.15) is 12.1 Å². The Bertz CT molecular complexity index is 580. The highest BCUT2D eigenvalue weighted by molar-refractivity contribution is 6.30. The number of rotatable bonds is 4. The lowest BCUT2D eigenvalue weighted by Gasteiger charge is -2.11. The van der Waals surface area contributed by atoms with Gasteiger partial charge < -0.3 is 9.84 Å². The number of aromatic nitrogens is 2. The second-order valence-corrected chi connectivity index (χ2v) is 4.35. The highest BCUT2D eigenvalue weighted by atomic mass is 35.5. The number of ether oxygens (including phenoxy) is 1. The van der Waals surface area contributed by atoms with Gasteiger partial charge in [-0.2, -0.15) is 0 Å². The molecule has 100 valence electrons. The van der Waals surface area contributed by atoms with Gasteiger partial charge in [-0.3, -0.25) is 0 Å². The zero-order chi connectivity index (χ0) is 13.8. The first kappa shape index (κ1) is 13.7. The average Bonchev–Trinajstić information content (AvgIpc) is 2.42. The monoisotopic (exact) mass is 282 g/mol. The summed E-state index contributed by atoms with van der Waals surface area (Å²) in [4.78, 5) is 7.91. The molecule has 0 aliphatic rings. The van der Waals surface area contributed by atoms with Crippen LogP contribution in [0.4, 0.5) is 4.39 Å². The quantitative estimate of drug-likeness (QED) is 0.936. The van der Waals surface area contributed by atoms with Gasteiger partial charge in [0.15, 0.2) is 0 Å². The third-order valence-corrected chi connectivity index (χ3v) is 2.93. The first-order valence-electron chi connectivity index (χ1n) is 5.58. The van der Waals surface area contributed by atoms with Gasteiger partial charge in [-0.25, -0.2) is 14.4 Å². The molecule has 0 aliphatic carbocycles. The number of methoxy groups -OCH3 is 1. The summed E-state index contributed by atoms with van der Waals surface area (Å²) in [5.74, 6) is -0.0874. The average molecular weight is 283 g/mol. The van der Waals surface area contributed by atoms with Crippen LogP contribution in [0.2, 0.25) is 5.02 Å². The third kappa shape index (κ3) is 3.39. The van der Waals surface area contributed by atoms with E-state index in [0.717, 1.165) is 0 Å². The normalized spacial score (nSPS) is 12.2. The maximum atomic E-state index is 13.0. The summed E-state index contributed by atoms with van der Waals surface area (Å²) in [5.41, 5.74) is 1.16. The molecule has 1 atom stereocenters. The van der Waals surface area contributed by atoms with E-state index in [0.29, 0.717) is 17.1 Å². The number of aliphatic hydroxyl groups excluding tert-OH is 1. The fourth-order valence-corrected chi connectivity index (χ4v) is 1.82. The Morgan fingerprint density at radius 2 is 2.16 bits per heavy atom. The number of aliphatic hydroxyl groups is 1. The molecule has 0 saturated heterocycles. The first-order chi connectivity index (χ1) is 9.10. The summed E-state index contributed by atoms with van der Waals surface area (Å²) >= 11 is 5.68. The standard InChI is InChI=1S/C13H12ClFN2O2/c1-19-13-6-9(16-7-17-13)5-12(18)8-2-3-11(15)10(14)4-8/h2-4,6-7,12,18H,5H2,1H3. The van der Waals surface area contributed by atoms with Crippen molar-refractivity contribution >= 4 is 11.6 Å². The number of hydrogen-bond donors (Lipinski definition) is 1. The van der Waals surface area contributed by atoms with Gasteiger partial charge in [0, 0.05) is 12.5 Å². The maximum absolute atomic E-state index is 13.0. The fourth-order valence-electron chi connectivity index (χ4n) is 1.64. The van der Waals surface area contributed by atoms with E-state index in [1.807, 2.05) is 0 Å². The first-order valence-corrected chi connectivity index (χ1v) is 5.96. The zero-order valence-corrected chi connectivity index (χ0v) is 10.9. The van der Waals surface area contributed by atoms with Crippen LogP contribution in [-0.4, -0.2) is 22.2 Å². The molecule has 1 unspecified atom stereocenters. The lowest BCUT2D eigenvalue weighted by atomic mass is 10.0. The Morgan fingerprint density at radius 1 is 1.37 bits per heavy atom. The second-order valence-electron chi connectivity index (χ2n) is 3.95. The van der Waals surface area contributed by atoms with E-state index in [1.54, 1.807) is 6.07 Å². The van der Waals surface area contributed by atoms with Crippen LogP contribution in [-0.2, 0) is 6.42 Å². The molecule has 0 bridgehead atoms. The summed E-state index contributed by atoms with van der Waals surface area (Å²) in [7, 11) is 1.50. The molecule has 19 heavy (non-hydrogen) atoms. The number of nitrogens with zero attached hydrogens (tertiary/aromatic N) is 2. The van der Waals surface area contributed by atoms with Crippen LogP contribution in [0.25, 0.3) is 0 Å². The maximum Gasteiger partial charge on any atom is 0.216 e. The molecule has 1 aromatic carbocycles. The number of hydrogen-bond acceptors (Lipinski definition) is 4. The molecule has 1 aromatic heterocycles. The van der Waals surface area contributed by atoms with Crippen molar-refractivity contribution in [3.63, 3.8) is 0 Å². The summed E-state index contributed by atoms with van der Waals surface area (Å²) in [6, 6.07) is 5.75. The fraction of sp³-hybridized carbons (Fsp3) is 0.231. The highest BCUT2D eigenvalue weighted by Gasteiger charge is 2.12. The van der Waals surface area contributed by atoms with Crippen LogP contribution in [0.1, 0.15) is 17.4 Å². The summed E-state index contributed by atoms with van der Waals surface area (Å²) in [6.07, 6.45) is 0.803. The van der Waals surface area contributed by atoms with Gasteiger partial charge in [-0.05, 0) is 17.7 Å². The van der Waals surface area contributed by atoms with Gasteiger partial charge in [0.05, 0.1) is 23.9 Å². The Labute approximate surface area is 114 Å². The van der Waals surface area contributed by atoms with Crippen LogP contribution >= 0.6 is 11.6 Å². The molecule has 0 fully saturated rings. The smallest absolute Gasteiger partial charge is 0.216 e. The summed E-state index contributed by atoms with van der Waals surface area (Å²) in [6.45, 7) is 0. The molecule has 4 nitrogen and oxygen atoms in total. The van der Waals surface area contributed by atoms with Crippen molar-refractivity contribution in [2.24, 2.45) is 0 Å². The largest absolute Gasteiger partial charge is 0.481 e. The number of halogens is 2. The third-order valence-electron chi connectivity index (χ3n) is 2.64. The van der Waals surface area contributed by atoms with Crippen molar-refractivity contribution < 1.29 is 14.2 Å². The Balaban J connectivity index is 2.15. The van der Waals surface area contributed by atoms with Crippen molar-refractivity contribution in [2.75, 3.05) is 7.11 Å². The minimum atomic E-state index is -0.822. The van der Waals surface area contributed by atoms with E-state index in [4.69, 9.17) is 16.3 Å². The summed E-state index contributed by atoms with van der Waals surface area (Å²) < 4.78 is 18.0. The Kier molecular flexibility index (Phi) is 4.29. The van der Waals surface area contributed by atoms with Crippen LogP contribution in [0.5, 0.6) is 5.88 Å². The number of benzene rings is 1. The van der Waals surface area contributed by atoms with Crippen molar-refractivity contribution in [2.45, 2.75) is 12.5 Å². The van der Waals surface area contributed by atoms with E-state index in [-0.39, 0.29) is 11.4 Å². The predicted molar refractivity (Wildman–Crippen MR) is 68.7 cm³/mol. The van der Waals surface area contributed by atoms with Crippen LogP contribution in [0.15, 0.2) is 30.6 Å². The molecule has 2 rings (SSSR count). The molecule has 0 saturated carbocycles. The van der Waals surface area contributed by atoms with E-state index in [1.165, 1.54) is 31.6 Å². The van der Waals surface area contributed by atoms with E-state index >= 15 is 0 Å². The van der Waals surface area contributed by atoms with Crippen molar-refractivity contribution in [3.05, 3.63) is 52.7 Å². The zero-order valence-electron chi connectivity index (χ0n) is 10.2. The van der Waals surface area contributed by atoms with Crippen LogP contribution in [0.3, 0.4) is 0 Å². The minimum absolute atomic E-state index is 0.0168. The van der Waals surface area contributed by atoms with Gasteiger partial charge in [0.2, 0.25) is 5.88 Å². The Morgan fingerprint density at radius 3 is 2.84 bits per heavy atom. The molecule has 1 N–H and O–H groups in total. The van der Waals surface area contributed by atoms with Crippen molar-refractivity contribution in [1.82, 2.24) is 9.97 Å². The van der Waals surface area contributed by atoms with Crippen LogP contribution in [0, 0.1) is 5.82 Å². The minimum Gasteiger partial charge on any atom is -0.481 e. The van der Waals surface area contributed by atoms with Crippen molar-refractivity contribution in [1.29, 1.82) is 0 Å². The molecular weight excluding hydrogens is 271 g/mol. The molecule has 0 radical (unpaired) electrons. The van der Waals surface area contributed by atoms with Gasteiger partial charge in [-0.15, -0.1) is 0 Å². The second kappa shape index (κ2) is 5.95. The molecular formula is C13H12ClFN2O2. The van der Waals surface area contributed by atoms with E-state index in [9.17, 15) is 9.50 Å². The van der Waals surface area contributed by atoms with Gasteiger partial charge in [0.25, 0.3) is 0 Å². The lowest BCUT2D eigenvalue weighted by Crippen LogP contribution is -2.04. The van der Waals surface area contributed by atoms with E-state index < -0.39 is 11.9 Å². The molecule has 0 amide bonds. The Hall–Kier alpha value is -1.72. The van der Waals surface area contributed by atoms with E-state index in [2.05, 4.69) is 9.97 Å². The van der Waals surface area contributed by atoms with Crippen LogP contribution < -0.4 is 4.74 Å². The predicted octanol–water partition coefficient (Wildman–Crippen LogP) is 2.55.